The number of rotatable bonds is 6. The lowest BCUT2D eigenvalue weighted by Crippen LogP contribution is -2.35. The van der Waals surface area contributed by atoms with E-state index < -0.39 is 0 Å². The van der Waals surface area contributed by atoms with Crippen molar-refractivity contribution < 1.29 is 10.2 Å². The summed E-state index contributed by atoms with van der Waals surface area (Å²) in [5.74, 6) is 0.173. The SMILES string of the molecule is Cc1ncc(CO)c(CNCC(C)N(C)C)c1O. The Labute approximate surface area is 108 Å². The van der Waals surface area contributed by atoms with Gasteiger partial charge < -0.3 is 20.4 Å². The minimum absolute atomic E-state index is 0.110. The highest BCUT2D eigenvalue weighted by molar-refractivity contribution is 5.40. The van der Waals surface area contributed by atoms with Crippen LogP contribution in [0, 0.1) is 6.92 Å². The number of aliphatic hydroxyl groups is 1. The van der Waals surface area contributed by atoms with Crippen molar-refractivity contribution in [2.24, 2.45) is 0 Å². The summed E-state index contributed by atoms with van der Waals surface area (Å²) in [5.41, 5.74) is 1.99. The standard InChI is InChI=1S/C13H23N3O2/c1-9(16(3)4)5-14-7-12-11(8-17)6-15-10(2)13(12)18/h6,9,14,17-18H,5,7-8H2,1-4H3. The molecule has 1 atom stereocenters. The third-order valence-corrected chi connectivity index (χ3v) is 3.22. The summed E-state index contributed by atoms with van der Waals surface area (Å²) in [6, 6.07) is 0.410. The molecular formula is C13H23N3O2. The van der Waals surface area contributed by atoms with Crippen LogP contribution in [0.25, 0.3) is 0 Å². The molecule has 0 spiro atoms. The molecule has 0 aliphatic carbocycles. The zero-order chi connectivity index (χ0) is 13.7. The molecule has 102 valence electrons. The molecule has 1 heterocycles. The molecule has 1 rings (SSSR count). The number of aromatic nitrogens is 1. The van der Waals surface area contributed by atoms with Gasteiger partial charge in [-0.25, -0.2) is 0 Å². The van der Waals surface area contributed by atoms with Crippen LogP contribution in [0.1, 0.15) is 23.7 Å². The maximum absolute atomic E-state index is 9.96. The van der Waals surface area contributed by atoms with Crippen LogP contribution in [0.2, 0.25) is 0 Å². The first-order valence-electron chi connectivity index (χ1n) is 6.11. The van der Waals surface area contributed by atoms with Crippen LogP contribution in [0.3, 0.4) is 0 Å². The summed E-state index contributed by atoms with van der Waals surface area (Å²) in [4.78, 5) is 6.16. The second-order valence-electron chi connectivity index (χ2n) is 4.80. The van der Waals surface area contributed by atoms with E-state index in [1.807, 2.05) is 14.1 Å². The van der Waals surface area contributed by atoms with E-state index >= 15 is 0 Å². The molecule has 0 radical (unpaired) electrons. The highest BCUT2D eigenvalue weighted by Gasteiger charge is 2.11. The van der Waals surface area contributed by atoms with Crippen molar-refractivity contribution in [3.05, 3.63) is 23.0 Å². The molecule has 0 aliphatic heterocycles. The largest absolute Gasteiger partial charge is 0.506 e. The quantitative estimate of drug-likeness (QED) is 0.694. The first-order chi connectivity index (χ1) is 8.47. The van der Waals surface area contributed by atoms with Crippen LogP contribution < -0.4 is 5.32 Å². The summed E-state index contributed by atoms with van der Waals surface area (Å²) < 4.78 is 0. The average Bonchev–Trinajstić information content (AvgIpc) is 2.34. The number of nitrogens with one attached hydrogen (secondary N) is 1. The minimum atomic E-state index is -0.110. The van der Waals surface area contributed by atoms with Gasteiger partial charge in [0, 0.05) is 36.5 Å². The Morgan fingerprint density at radius 1 is 1.44 bits per heavy atom. The lowest BCUT2D eigenvalue weighted by molar-refractivity contribution is 0.277. The van der Waals surface area contributed by atoms with Crippen LogP contribution >= 0.6 is 0 Å². The van der Waals surface area contributed by atoms with Crippen molar-refractivity contribution in [2.75, 3.05) is 20.6 Å². The summed E-state index contributed by atoms with van der Waals surface area (Å²) in [6.07, 6.45) is 1.61. The summed E-state index contributed by atoms with van der Waals surface area (Å²) in [5, 5.41) is 22.5. The van der Waals surface area contributed by atoms with Gasteiger partial charge in [-0.05, 0) is 27.9 Å². The maximum atomic E-state index is 9.96. The topological polar surface area (TPSA) is 68.6 Å². The van der Waals surface area contributed by atoms with E-state index in [2.05, 4.69) is 22.1 Å². The van der Waals surface area contributed by atoms with E-state index in [1.165, 1.54) is 0 Å². The normalized spacial score (nSPS) is 13.0. The predicted molar refractivity (Wildman–Crippen MR) is 71.4 cm³/mol. The van der Waals surface area contributed by atoms with Crippen LogP contribution in [0.4, 0.5) is 0 Å². The molecule has 3 N–H and O–H groups in total. The number of aromatic hydroxyl groups is 1. The molecule has 5 heteroatoms. The van der Waals surface area contributed by atoms with E-state index in [1.54, 1.807) is 13.1 Å². The third-order valence-electron chi connectivity index (χ3n) is 3.22. The molecule has 0 bridgehead atoms. The lowest BCUT2D eigenvalue weighted by atomic mass is 10.1. The number of aliphatic hydroxyl groups excluding tert-OH is 1. The van der Waals surface area contributed by atoms with Crippen molar-refractivity contribution in [3.63, 3.8) is 0 Å². The zero-order valence-electron chi connectivity index (χ0n) is 11.6. The molecule has 18 heavy (non-hydrogen) atoms. The lowest BCUT2D eigenvalue weighted by Gasteiger charge is -2.20. The number of hydrogen-bond acceptors (Lipinski definition) is 5. The molecule has 5 nitrogen and oxygen atoms in total. The number of pyridine rings is 1. The second kappa shape index (κ2) is 6.68. The number of aryl methyl sites for hydroxylation is 1. The van der Waals surface area contributed by atoms with Gasteiger partial charge in [0.15, 0.2) is 0 Å². The first kappa shape index (κ1) is 14.9. The van der Waals surface area contributed by atoms with Crippen molar-refractivity contribution in [2.45, 2.75) is 33.0 Å². The van der Waals surface area contributed by atoms with Crippen molar-refractivity contribution in [1.82, 2.24) is 15.2 Å². The van der Waals surface area contributed by atoms with E-state index in [9.17, 15) is 10.2 Å². The zero-order valence-corrected chi connectivity index (χ0v) is 11.6. The smallest absolute Gasteiger partial charge is 0.141 e. The Balaban J connectivity index is 2.69. The maximum Gasteiger partial charge on any atom is 0.141 e. The molecule has 0 fully saturated rings. The van der Waals surface area contributed by atoms with Gasteiger partial charge in [-0.15, -0.1) is 0 Å². The molecule has 0 saturated carbocycles. The molecule has 0 aliphatic rings. The van der Waals surface area contributed by atoms with Crippen LogP contribution in [0.15, 0.2) is 6.20 Å². The van der Waals surface area contributed by atoms with Crippen LogP contribution in [-0.4, -0.2) is 46.8 Å². The first-order valence-corrected chi connectivity index (χ1v) is 6.11. The number of hydrogen-bond donors (Lipinski definition) is 3. The Kier molecular flexibility index (Phi) is 5.53. The van der Waals surface area contributed by atoms with Crippen molar-refractivity contribution in [1.29, 1.82) is 0 Å². The Hall–Kier alpha value is -1.17. The highest BCUT2D eigenvalue weighted by atomic mass is 16.3. The molecular weight excluding hydrogens is 230 g/mol. The Morgan fingerprint density at radius 2 is 2.11 bits per heavy atom. The second-order valence-corrected chi connectivity index (χ2v) is 4.80. The van der Waals surface area contributed by atoms with Gasteiger partial charge in [-0.1, -0.05) is 0 Å². The summed E-state index contributed by atoms with van der Waals surface area (Å²) in [6.45, 7) is 5.11. The molecule has 0 amide bonds. The van der Waals surface area contributed by atoms with E-state index in [-0.39, 0.29) is 12.4 Å². The molecule has 1 aromatic heterocycles. The van der Waals surface area contributed by atoms with E-state index in [0.717, 1.165) is 12.1 Å². The van der Waals surface area contributed by atoms with Crippen LogP contribution in [0.5, 0.6) is 5.75 Å². The van der Waals surface area contributed by atoms with Gasteiger partial charge >= 0.3 is 0 Å². The third kappa shape index (κ3) is 3.66. The fourth-order valence-electron chi connectivity index (χ4n) is 1.61. The van der Waals surface area contributed by atoms with Crippen molar-refractivity contribution in [3.8, 4) is 5.75 Å². The van der Waals surface area contributed by atoms with E-state index in [4.69, 9.17) is 0 Å². The molecule has 0 aromatic carbocycles. The molecule has 1 aromatic rings. The van der Waals surface area contributed by atoms with Gasteiger partial charge in [0.2, 0.25) is 0 Å². The fourth-order valence-corrected chi connectivity index (χ4v) is 1.61. The Bertz CT molecular complexity index is 394. The summed E-state index contributed by atoms with van der Waals surface area (Å²) in [7, 11) is 4.05. The highest BCUT2D eigenvalue weighted by Crippen LogP contribution is 2.23. The van der Waals surface area contributed by atoms with Gasteiger partial charge in [-0.3, -0.25) is 4.98 Å². The van der Waals surface area contributed by atoms with Gasteiger partial charge in [0.05, 0.1) is 12.3 Å². The minimum Gasteiger partial charge on any atom is -0.506 e. The van der Waals surface area contributed by atoms with Crippen LogP contribution in [-0.2, 0) is 13.2 Å². The van der Waals surface area contributed by atoms with Gasteiger partial charge in [0.1, 0.15) is 5.75 Å². The Morgan fingerprint density at radius 3 is 2.67 bits per heavy atom. The summed E-state index contributed by atoms with van der Waals surface area (Å²) >= 11 is 0. The monoisotopic (exact) mass is 253 g/mol. The fraction of sp³-hybridized carbons (Fsp3) is 0.615. The van der Waals surface area contributed by atoms with Gasteiger partial charge in [0.25, 0.3) is 0 Å². The van der Waals surface area contributed by atoms with E-state index in [0.29, 0.717) is 23.8 Å². The molecule has 1 unspecified atom stereocenters. The number of nitrogens with zero attached hydrogens (tertiary/aromatic N) is 2. The predicted octanol–water partition coefficient (Wildman–Crippen LogP) is 0.628. The van der Waals surface area contributed by atoms with Crippen molar-refractivity contribution >= 4 is 0 Å². The molecule has 0 saturated heterocycles. The number of likely N-dealkylation sites (N-methyl/N-ethyl adjacent to an activating group) is 1. The average molecular weight is 253 g/mol. The van der Waals surface area contributed by atoms with Gasteiger partial charge in [-0.2, -0.15) is 0 Å².